The molecule has 1 aromatic rings. The van der Waals surface area contributed by atoms with Gasteiger partial charge in [-0.3, -0.25) is 0 Å². The zero-order valence-corrected chi connectivity index (χ0v) is 12.7. The van der Waals surface area contributed by atoms with Gasteiger partial charge in [0, 0.05) is 12.6 Å². The lowest BCUT2D eigenvalue weighted by Crippen LogP contribution is -2.40. The molecule has 3 heteroatoms. The normalized spacial score (nSPS) is 22.5. The standard InChI is InChI=1S/C17H27NO2/c1-3-14-6-4-5-7-17(14)18-12-13-20-16-10-8-15(19-2)9-11-16/h8-11,14,17-18H,3-7,12-13H2,1-2H3. The maximum atomic E-state index is 5.75. The zero-order valence-electron chi connectivity index (χ0n) is 12.7. The van der Waals surface area contributed by atoms with Gasteiger partial charge in [0.2, 0.25) is 0 Å². The van der Waals surface area contributed by atoms with Crippen LogP contribution in [-0.2, 0) is 0 Å². The van der Waals surface area contributed by atoms with Crippen LogP contribution in [0.5, 0.6) is 11.5 Å². The molecule has 1 fully saturated rings. The zero-order chi connectivity index (χ0) is 14.2. The molecule has 0 amide bonds. The summed E-state index contributed by atoms with van der Waals surface area (Å²) >= 11 is 0. The van der Waals surface area contributed by atoms with Crippen LogP contribution in [0, 0.1) is 5.92 Å². The number of hydrogen-bond donors (Lipinski definition) is 1. The third-order valence-corrected chi connectivity index (χ3v) is 4.27. The molecule has 0 saturated heterocycles. The van der Waals surface area contributed by atoms with Crippen LogP contribution >= 0.6 is 0 Å². The van der Waals surface area contributed by atoms with Crippen molar-refractivity contribution in [1.82, 2.24) is 5.32 Å². The van der Waals surface area contributed by atoms with E-state index in [1.165, 1.54) is 32.1 Å². The molecule has 0 bridgehead atoms. The summed E-state index contributed by atoms with van der Waals surface area (Å²) in [5, 5.41) is 3.67. The lowest BCUT2D eigenvalue weighted by molar-refractivity contribution is 0.235. The maximum Gasteiger partial charge on any atom is 0.119 e. The molecule has 3 nitrogen and oxygen atoms in total. The van der Waals surface area contributed by atoms with Crippen molar-refractivity contribution in [2.24, 2.45) is 5.92 Å². The molecule has 0 aromatic heterocycles. The van der Waals surface area contributed by atoms with Gasteiger partial charge in [-0.15, -0.1) is 0 Å². The van der Waals surface area contributed by atoms with E-state index in [0.29, 0.717) is 6.04 Å². The van der Waals surface area contributed by atoms with Crippen molar-refractivity contribution in [3.05, 3.63) is 24.3 Å². The SMILES string of the molecule is CCC1CCCCC1NCCOc1ccc(OC)cc1. The fraction of sp³-hybridized carbons (Fsp3) is 0.647. The van der Waals surface area contributed by atoms with Crippen molar-refractivity contribution in [3.63, 3.8) is 0 Å². The topological polar surface area (TPSA) is 30.5 Å². The Morgan fingerprint density at radius 2 is 1.80 bits per heavy atom. The lowest BCUT2D eigenvalue weighted by Gasteiger charge is -2.31. The van der Waals surface area contributed by atoms with Crippen LogP contribution in [0.25, 0.3) is 0 Å². The molecule has 1 aliphatic rings. The van der Waals surface area contributed by atoms with E-state index >= 15 is 0 Å². The Hall–Kier alpha value is -1.22. The second-order valence-corrected chi connectivity index (χ2v) is 5.54. The minimum Gasteiger partial charge on any atom is -0.497 e. The first-order valence-electron chi connectivity index (χ1n) is 7.83. The highest BCUT2D eigenvalue weighted by molar-refractivity contribution is 5.31. The highest BCUT2D eigenvalue weighted by Gasteiger charge is 2.22. The van der Waals surface area contributed by atoms with Gasteiger partial charge >= 0.3 is 0 Å². The van der Waals surface area contributed by atoms with Gasteiger partial charge in [0.15, 0.2) is 0 Å². The Labute approximate surface area is 122 Å². The molecular weight excluding hydrogens is 250 g/mol. The molecule has 0 spiro atoms. The second kappa shape index (κ2) is 8.15. The molecule has 0 radical (unpaired) electrons. The third kappa shape index (κ3) is 4.41. The number of ether oxygens (including phenoxy) is 2. The summed E-state index contributed by atoms with van der Waals surface area (Å²) in [4.78, 5) is 0. The van der Waals surface area contributed by atoms with Crippen molar-refractivity contribution in [1.29, 1.82) is 0 Å². The number of benzene rings is 1. The van der Waals surface area contributed by atoms with Crippen LogP contribution in [0.3, 0.4) is 0 Å². The molecule has 0 heterocycles. The molecule has 1 saturated carbocycles. The summed E-state index contributed by atoms with van der Waals surface area (Å²) in [5.41, 5.74) is 0. The summed E-state index contributed by atoms with van der Waals surface area (Å²) in [6, 6.07) is 8.45. The van der Waals surface area contributed by atoms with Gasteiger partial charge in [0.05, 0.1) is 7.11 Å². The van der Waals surface area contributed by atoms with Crippen molar-refractivity contribution < 1.29 is 9.47 Å². The largest absolute Gasteiger partial charge is 0.497 e. The molecule has 1 aromatic carbocycles. The summed E-state index contributed by atoms with van der Waals surface area (Å²) in [6.45, 7) is 3.95. The highest BCUT2D eigenvalue weighted by Crippen LogP contribution is 2.26. The Kier molecular flexibility index (Phi) is 6.19. The quantitative estimate of drug-likeness (QED) is 0.772. The molecule has 112 valence electrons. The van der Waals surface area contributed by atoms with Crippen LogP contribution in [-0.4, -0.2) is 26.3 Å². The van der Waals surface area contributed by atoms with Gasteiger partial charge in [0.25, 0.3) is 0 Å². The molecule has 2 rings (SSSR count). The van der Waals surface area contributed by atoms with E-state index < -0.39 is 0 Å². The summed E-state index contributed by atoms with van der Waals surface area (Å²) in [7, 11) is 1.67. The smallest absolute Gasteiger partial charge is 0.119 e. The summed E-state index contributed by atoms with van der Waals surface area (Å²) < 4.78 is 10.9. The average Bonchev–Trinajstić information content (AvgIpc) is 2.52. The van der Waals surface area contributed by atoms with Gasteiger partial charge in [-0.25, -0.2) is 0 Å². The minimum atomic E-state index is 0.688. The van der Waals surface area contributed by atoms with Gasteiger partial charge < -0.3 is 14.8 Å². The number of rotatable bonds is 7. The predicted octanol–water partition coefficient (Wildman–Crippen LogP) is 3.63. The Morgan fingerprint density at radius 3 is 2.50 bits per heavy atom. The highest BCUT2D eigenvalue weighted by atomic mass is 16.5. The first-order chi connectivity index (χ1) is 9.83. The second-order valence-electron chi connectivity index (χ2n) is 5.54. The van der Waals surface area contributed by atoms with Gasteiger partial charge in [-0.2, -0.15) is 0 Å². The van der Waals surface area contributed by atoms with Crippen molar-refractivity contribution in [3.8, 4) is 11.5 Å². The fourth-order valence-corrected chi connectivity index (χ4v) is 3.05. The summed E-state index contributed by atoms with van der Waals surface area (Å²) in [5.74, 6) is 2.62. The fourth-order valence-electron chi connectivity index (χ4n) is 3.05. The molecule has 1 aliphatic carbocycles. The molecule has 2 atom stereocenters. The van der Waals surface area contributed by atoms with Crippen LogP contribution in [0.2, 0.25) is 0 Å². The minimum absolute atomic E-state index is 0.688. The number of hydrogen-bond acceptors (Lipinski definition) is 3. The first kappa shape index (κ1) is 15.2. The first-order valence-corrected chi connectivity index (χ1v) is 7.83. The van der Waals surface area contributed by atoms with E-state index in [4.69, 9.17) is 9.47 Å². The maximum absolute atomic E-state index is 5.75. The average molecular weight is 277 g/mol. The van der Waals surface area contributed by atoms with E-state index in [1.54, 1.807) is 7.11 Å². The third-order valence-electron chi connectivity index (χ3n) is 4.27. The van der Waals surface area contributed by atoms with E-state index in [-0.39, 0.29) is 0 Å². The van der Waals surface area contributed by atoms with Gasteiger partial charge in [0.1, 0.15) is 18.1 Å². The molecule has 1 N–H and O–H groups in total. The molecule has 20 heavy (non-hydrogen) atoms. The molecule has 2 unspecified atom stereocenters. The molecular formula is C17H27NO2. The van der Waals surface area contributed by atoms with Crippen LogP contribution in [0.1, 0.15) is 39.0 Å². The van der Waals surface area contributed by atoms with Crippen LogP contribution in [0.15, 0.2) is 24.3 Å². The van der Waals surface area contributed by atoms with Crippen LogP contribution in [0.4, 0.5) is 0 Å². The van der Waals surface area contributed by atoms with Gasteiger partial charge in [-0.05, 0) is 43.0 Å². The lowest BCUT2D eigenvalue weighted by atomic mass is 9.83. The van der Waals surface area contributed by atoms with Gasteiger partial charge in [-0.1, -0.05) is 26.2 Å². The Balaban J connectivity index is 1.67. The monoisotopic (exact) mass is 277 g/mol. The summed E-state index contributed by atoms with van der Waals surface area (Å²) in [6.07, 6.45) is 6.76. The van der Waals surface area contributed by atoms with Crippen molar-refractivity contribution in [2.45, 2.75) is 45.1 Å². The Morgan fingerprint density at radius 1 is 1.10 bits per heavy atom. The van der Waals surface area contributed by atoms with Crippen molar-refractivity contribution in [2.75, 3.05) is 20.3 Å². The number of nitrogens with one attached hydrogen (secondary N) is 1. The van der Waals surface area contributed by atoms with Crippen LogP contribution < -0.4 is 14.8 Å². The van der Waals surface area contributed by atoms with E-state index in [1.807, 2.05) is 24.3 Å². The van der Waals surface area contributed by atoms with E-state index in [2.05, 4.69) is 12.2 Å². The Bertz CT molecular complexity index is 377. The van der Waals surface area contributed by atoms with E-state index in [0.717, 1.165) is 30.6 Å². The molecule has 0 aliphatic heterocycles. The predicted molar refractivity (Wildman–Crippen MR) is 82.5 cm³/mol. The van der Waals surface area contributed by atoms with Crippen molar-refractivity contribution >= 4 is 0 Å². The van der Waals surface area contributed by atoms with E-state index in [9.17, 15) is 0 Å². The number of methoxy groups -OCH3 is 1.